The molecule has 0 aliphatic heterocycles. The molecule has 6 heteroatoms. The second kappa shape index (κ2) is 10.5. The predicted octanol–water partition coefficient (Wildman–Crippen LogP) is 9.16. The summed E-state index contributed by atoms with van der Waals surface area (Å²) >= 11 is 0. The van der Waals surface area contributed by atoms with Gasteiger partial charge in [-0.05, 0) is 111 Å². The molecule has 1 aromatic carbocycles. The zero-order chi connectivity index (χ0) is 23.6. The van der Waals surface area contributed by atoms with Crippen molar-refractivity contribution in [1.82, 2.24) is 0 Å². The molecule has 3 aliphatic rings. The fraction of sp³-hybridized carbons (Fsp3) is 0.778. The highest BCUT2D eigenvalue weighted by atomic mass is 19.4. The minimum absolute atomic E-state index is 0.00414. The third-order valence-corrected chi connectivity index (χ3v) is 8.88. The van der Waals surface area contributed by atoms with Crippen molar-refractivity contribution >= 4 is 0 Å². The van der Waals surface area contributed by atoms with Crippen LogP contribution in [0.15, 0.2) is 12.1 Å². The summed E-state index contributed by atoms with van der Waals surface area (Å²) < 4.78 is 69.0. The normalized spacial score (nSPS) is 32.9. The van der Waals surface area contributed by atoms with E-state index in [2.05, 4.69) is 11.7 Å². The van der Waals surface area contributed by atoms with Crippen LogP contribution >= 0.6 is 0 Å². The first-order valence-corrected chi connectivity index (χ1v) is 13.0. The van der Waals surface area contributed by atoms with Gasteiger partial charge in [0.25, 0.3) is 0 Å². The number of unbranched alkanes of at least 4 members (excludes halogenated alkanes) is 1. The van der Waals surface area contributed by atoms with Gasteiger partial charge in [-0.2, -0.15) is 0 Å². The highest BCUT2D eigenvalue weighted by molar-refractivity contribution is 5.33. The molecular weight excluding hydrogens is 435 g/mol. The molecule has 0 saturated heterocycles. The summed E-state index contributed by atoms with van der Waals surface area (Å²) in [5.74, 6) is 0.233. The van der Waals surface area contributed by atoms with E-state index in [1.807, 2.05) is 0 Å². The number of benzene rings is 1. The molecular formula is C27H37F5O. The molecule has 186 valence electrons. The molecule has 0 heterocycles. The fourth-order valence-electron chi connectivity index (χ4n) is 7.16. The van der Waals surface area contributed by atoms with Gasteiger partial charge in [-0.1, -0.05) is 32.6 Å². The largest absolute Gasteiger partial charge is 0.573 e. The third kappa shape index (κ3) is 6.22. The first kappa shape index (κ1) is 24.8. The molecule has 4 atom stereocenters. The van der Waals surface area contributed by atoms with E-state index >= 15 is 0 Å². The quantitative estimate of drug-likeness (QED) is 0.375. The van der Waals surface area contributed by atoms with Crippen LogP contribution in [-0.2, 0) is 0 Å². The average Bonchev–Trinajstić information content (AvgIpc) is 2.79. The number of fused-ring (bicyclic) bond motifs is 1. The van der Waals surface area contributed by atoms with Crippen molar-refractivity contribution in [3.8, 4) is 5.75 Å². The van der Waals surface area contributed by atoms with Crippen LogP contribution in [0.25, 0.3) is 0 Å². The van der Waals surface area contributed by atoms with Crippen LogP contribution in [0.3, 0.4) is 0 Å². The van der Waals surface area contributed by atoms with Gasteiger partial charge in [0, 0.05) is 0 Å². The summed E-state index contributed by atoms with van der Waals surface area (Å²) in [6.45, 7) is 2.27. The van der Waals surface area contributed by atoms with E-state index in [1.165, 1.54) is 57.8 Å². The monoisotopic (exact) mass is 472 g/mol. The van der Waals surface area contributed by atoms with Crippen LogP contribution in [-0.4, -0.2) is 6.36 Å². The van der Waals surface area contributed by atoms with E-state index in [-0.39, 0.29) is 5.92 Å². The second-order valence-electron chi connectivity index (χ2n) is 10.9. The summed E-state index contributed by atoms with van der Waals surface area (Å²) in [5.41, 5.74) is 0.451. The molecule has 3 aliphatic carbocycles. The predicted molar refractivity (Wildman–Crippen MR) is 119 cm³/mol. The number of ether oxygens (including phenoxy) is 1. The maximum atomic E-state index is 14.2. The van der Waals surface area contributed by atoms with Crippen LogP contribution in [0.5, 0.6) is 5.75 Å². The minimum atomic E-state index is -5.12. The van der Waals surface area contributed by atoms with Gasteiger partial charge in [0.1, 0.15) is 0 Å². The van der Waals surface area contributed by atoms with E-state index in [1.54, 1.807) is 0 Å². The molecule has 33 heavy (non-hydrogen) atoms. The third-order valence-electron chi connectivity index (χ3n) is 8.88. The number of alkyl halides is 3. The van der Waals surface area contributed by atoms with Gasteiger partial charge >= 0.3 is 6.36 Å². The Morgan fingerprint density at radius 3 is 1.94 bits per heavy atom. The lowest BCUT2D eigenvalue weighted by molar-refractivity contribution is -0.276. The maximum Gasteiger partial charge on any atom is 0.573 e. The molecule has 3 fully saturated rings. The highest BCUT2D eigenvalue weighted by Gasteiger charge is 2.39. The van der Waals surface area contributed by atoms with E-state index in [0.717, 1.165) is 61.5 Å². The van der Waals surface area contributed by atoms with Gasteiger partial charge in [0.05, 0.1) is 0 Å². The van der Waals surface area contributed by atoms with Crippen molar-refractivity contribution < 1.29 is 26.7 Å². The van der Waals surface area contributed by atoms with Crippen LogP contribution in [0.2, 0.25) is 0 Å². The van der Waals surface area contributed by atoms with Gasteiger partial charge < -0.3 is 4.74 Å². The van der Waals surface area contributed by atoms with Crippen molar-refractivity contribution in [1.29, 1.82) is 0 Å². The number of halogens is 5. The number of hydrogen-bond acceptors (Lipinski definition) is 1. The second-order valence-corrected chi connectivity index (χ2v) is 10.9. The lowest BCUT2D eigenvalue weighted by Crippen LogP contribution is -2.34. The molecule has 4 unspecified atom stereocenters. The maximum absolute atomic E-state index is 14.2. The molecule has 0 N–H and O–H groups in total. The lowest BCUT2D eigenvalue weighted by Gasteiger charge is -2.45. The molecule has 1 nitrogen and oxygen atoms in total. The molecule has 4 rings (SSSR count). The van der Waals surface area contributed by atoms with Crippen molar-refractivity contribution in [2.45, 2.75) is 103 Å². The Labute approximate surface area is 194 Å². The van der Waals surface area contributed by atoms with Gasteiger partial charge in [0.2, 0.25) is 5.75 Å². The zero-order valence-corrected chi connectivity index (χ0v) is 19.6. The van der Waals surface area contributed by atoms with E-state index < -0.39 is 23.7 Å². The Morgan fingerprint density at radius 1 is 0.788 bits per heavy atom. The van der Waals surface area contributed by atoms with Crippen LogP contribution < -0.4 is 4.74 Å². The smallest absolute Gasteiger partial charge is 0.399 e. The number of hydrogen-bond donors (Lipinski definition) is 0. The molecule has 3 saturated carbocycles. The van der Waals surface area contributed by atoms with Crippen molar-refractivity contribution in [2.75, 3.05) is 0 Å². The Morgan fingerprint density at radius 2 is 1.33 bits per heavy atom. The summed E-state index contributed by atoms with van der Waals surface area (Å²) in [6.07, 6.45) is 10.9. The van der Waals surface area contributed by atoms with Gasteiger partial charge in [-0.25, -0.2) is 8.78 Å². The standard InChI is InChI=1S/C27H37F5O/c1-2-3-4-17-5-6-22-14-21(12-11-20(22)13-17)18-7-9-19(10-8-18)23-15-24(28)26(25(29)16-23)33-27(30,31)32/h15-22H,2-14H2,1H3. The van der Waals surface area contributed by atoms with Crippen molar-refractivity contribution in [3.63, 3.8) is 0 Å². The summed E-state index contributed by atoms with van der Waals surface area (Å²) in [7, 11) is 0. The zero-order valence-electron chi connectivity index (χ0n) is 19.6. The van der Waals surface area contributed by atoms with Gasteiger partial charge in [0.15, 0.2) is 11.6 Å². The highest BCUT2D eigenvalue weighted by Crippen LogP contribution is 2.50. The number of rotatable bonds is 6. The van der Waals surface area contributed by atoms with E-state index in [4.69, 9.17) is 0 Å². The SMILES string of the molecule is CCCCC1CCC2CC(C3CCC(c4cc(F)c(OC(F)(F)F)c(F)c4)CC3)CCC2C1. The first-order chi connectivity index (χ1) is 15.7. The Kier molecular flexibility index (Phi) is 7.90. The molecule has 0 bridgehead atoms. The summed E-state index contributed by atoms with van der Waals surface area (Å²) in [4.78, 5) is 0. The van der Waals surface area contributed by atoms with Crippen LogP contribution in [0.1, 0.15) is 102 Å². The minimum Gasteiger partial charge on any atom is -0.399 e. The van der Waals surface area contributed by atoms with Gasteiger partial charge in [-0.15, -0.1) is 13.2 Å². The topological polar surface area (TPSA) is 9.23 Å². The molecule has 1 aromatic rings. The fourth-order valence-corrected chi connectivity index (χ4v) is 7.16. The van der Waals surface area contributed by atoms with Crippen molar-refractivity contribution in [2.24, 2.45) is 29.6 Å². The molecule has 0 spiro atoms. The van der Waals surface area contributed by atoms with Gasteiger partial charge in [-0.3, -0.25) is 0 Å². The average molecular weight is 473 g/mol. The Hall–Kier alpha value is -1.33. The van der Waals surface area contributed by atoms with Crippen LogP contribution in [0.4, 0.5) is 22.0 Å². The van der Waals surface area contributed by atoms with E-state index in [9.17, 15) is 22.0 Å². The molecule has 0 aromatic heterocycles. The van der Waals surface area contributed by atoms with E-state index in [0.29, 0.717) is 11.5 Å². The molecule has 0 amide bonds. The first-order valence-electron chi connectivity index (χ1n) is 13.0. The summed E-state index contributed by atoms with van der Waals surface area (Å²) in [5, 5.41) is 0. The molecule has 0 radical (unpaired) electrons. The Balaban J connectivity index is 1.29. The van der Waals surface area contributed by atoms with Crippen molar-refractivity contribution in [3.05, 3.63) is 29.3 Å². The lowest BCUT2D eigenvalue weighted by atomic mass is 9.60. The summed E-state index contributed by atoms with van der Waals surface area (Å²) in [6, 6.07) is 2.05. The Bertz CT molecular complexity index is 760. The van der Waals surface area contributed by atoms with Crippen LogP contribution in [0, 0.1) is 41.2 Å².